The Labute approximate surface area is 98.8 Å². The molecule has 1 saturated heterocycles. The monoisotopic (exact) mass is 227 g/mol. The van der Waals surface area contributed by atoms with Gasteiger partial charge in [0.25, 0.3) is 0 Å². The third-order valence-electron chi connectivity index (χ3n) is 3.69. The van der Waals surface area contributed by atoms with Gasteiger partial charge in [0.1, 0.15) is 0 Å². The summed E-state index contributed by atoms with van der Waals surface area (Å²) in [4.78, 5) is 16.5. The predicted octanol–water partition coefficient (Wildman–Crippen LogP) is 0.668. The zero-order chi connectivity index (χ0) is 12.2. The van der Waals surface area contributed by atoms with E-state index < -0.39 is 5.54 Å². The van der Waals surface area contributed by atoms with Crippen molar-refractivity contribution >= 4 is 5.91 Å². The molecule has 4 nitrogen and oxygen atoms in total. The van der Waals surface area contributed by atoms with Crippen LogP contribution in [-0.2, 0) is 4.79 Å². The molecule has 0 aromatic carbocycles. The fourth-order valence-corrected chi connectivity index (χ4v) is 2.12. The highest BCUT2D eigenvalue weighted by atomic mass is 16.2. The van der Waals surface area contributed by atoms with E-state index in [2.05, 4.69) is 11.9 Å². The Morgan fingerprint density at radius 3 is 2.38 bits per heavy atom. The number of carbonyl (C=O) groups excluding carboxylic acids is 1. The van der Waals surface area contributed by atoms with E-state index in [1.807, 2.05) is 18.7 Å². The van der Waals surface area contributed by atoms with E-state index in [1.54, 1.807) is 0 Å². The van der Waals surface area contributed by atoms with Crippen LogP contribution < -0.4 is 5.73 Å². The van der Waals surface area contributed by atoms with Gasteiger partial charge in [0.05, 0.1) is 5.54 Å². The van der Waals surface area contributed by atoms with E-state index in [0.29, 0.717) is 12.8 Å². The number of nitrogens with zero attached hydrogens (tertiary/aromatic N) is 2. The molecule has 4 heteroatoms. The average Bonchev–Trinajstić information content (AvgIpc) is 2.52. The molecule has 0 atom stereocenters. The van der Waals surface area contributed by atoms with E-state index in [-0.39, 0.29) is 5.91 Å². The molecule has 0 aromatic rings. The molecule has 1 rings (SSSR count). The molecule has 16 heavy (non-hydrogen) atoms. The first-order valence-corrected chi connectivity index (χ1v) is 6.30. The summed E-state index contributed by atoms with van der Waals surface area (Å²) in [5.74, 6) is 0.132. The number of hydrogen-bond acceptors (Lipinski definition) is 3. The van der Waals surface area contributed by atoms with Crippen molar-refractivity contribution < 1.29 is 4.79 Å². The standard InChI is InChI=1S/C12H25N3O/c1-4-12(13,5-2)11(16)15-8-6-7-14(3)9-10-15/h4-10,13H2,1-3H3. The molecule has 2 N–H and O–H groups in total. The first-order valence-electron chi connectivity index (χ1n) is 6.30. The van der Waals surface area contributed by atoms with E-state index in [9.17, 15) is 4.79 Å². The number of amides is 1. The largest absolute Gasteiger partial charge is 0.340 e. The van der Waals surface area contributed by atoms with Gasteiger partial charge >= 0.3 is 0 Å². The second-order valence-corrected chi connectivity index (χ2v) is 4.81. The number of nitrogens with two attached hydrogens (primary N) is 1. The highest BCUT2D eigenvalue weighted by Crippen LogP contribution is 2.16. The molecule has 0 aromatic heterocycles. The quantitative estimate of drug-likeness (QED) is 0.771. The highest BCUT2D eigenvalue weighted by Gasteiger charge is 2.34. The second-order valence-electron chi connectivity index (χ2n) is 4.81. The van der Waals surface area contributed by atoms with Gasteiger partial charge in [0.2, 0.25) is 5.91 Å². The van der Waals surface area contributed by atoms with Crippen LogP contribution in [0.15, 0.2) is 0 Å². The Kier molecular flexibility index (Phi) is 4.74. The van der Waals surface area contributed by atoms with Crippen LogP contribution in [0.25, 0.3) is 0 Å². The molecule has 1 amide bonds. The predicted molar refractivity (Wildman–Crippen MR) is 66.2 cm³/mol. The maximum Gasteiger partial charge on any atom is 0.242 e. The van der Waals surface area contributed by atoms with E-state index in [0.717, 1.165) is 32.6 Å². The Bertz CT molecular complexity index is 238. The van der Waals surface area contributed by atoms with Crippen LogP contribution in [-0.4, -0.2) is 54.5 Å². The minimum atomic E-state index is -0.650. The SMILES string of the molecule is CCC(N)(CC)C(=O)N1CCCN(C)CC1. The molecule has 1 aliphatic heterocycles. The molecule has 0 saturated carbocycles. The summed E-state index contributed by atoms with van der Waals surface area (Å²) in [6, 6.07) is 0. The summed E-state index contributed by atoms with van der Waals surface area (Å²) in [6.07, 6.45) is 2.48. The maximum absolute atomic E-state index is 12.3. The number of rotatable bonds is 3. The molecule has 1 fully saturated rings. The molecule has 0 unspecified atom stereocenters. The smallest absolute Gasteiger partial charge is 0.242 e. The lowest BCUT2D eigenvalue weighted by atomic mass is 9.92. The lowest BCUT2D eigenvalue weighted by Crippen LogP contribution is -2.55. The van der Waals surface area contributed by atoms with Crippen molar-refractivity contribution in [1.29, 1.82) is 0 Å². The third-order valence-corrected chi connectivity index (χ3v) is 3.69. The van der Waals surface area contributed by atoms with Crippen LogP contribution in [0, 0.1) is 0 Å². The fourth-order valence-electron chi connectivity index (χ4n) is 2.12. The molecular weight excluding hydrogens is 202 g/mol. The van der Waals surface area contributed by atoms with Crippen LogP contribution >= 0.6 is 0 Å². The van der Waals surface area contributed by atoms with Crippen molar-refractivity contribution in [3.63, 3.8) is 0 Å². The summed E-state index contributed by atoms with van der Waals surface area (Å²) in [7, 11) is 2.10. The van der Waals surface area contributed by atoms with Gasteiger partial charge < -0.3 is 15.5 Å². The summed E-state index contributed by atoms with van der Waals surface area (Å²) in [6.45, 7) is 7.67. The van der Waals surface area contributed by atoms with Gasteiger partial charge in [-0.05, 0) is 32.9 Å². The van der Waals surface area contributed by atoms with Crippen molar-refractivity contribution in [3.8, 4) is 0 Å². The average molecular weight is 227 g/mol. The molecule has 0 radical (unpaired) electrons. The molecular formula is C12H25N3O. The van der Waals surface area contributed by atoms with Crippen LogP contribution in [0.3, 0.4) is 0 Å². The Hall–Kier alpha value is -0.610. The third kappa shape index (κ3) is 2.95. The Morgan fingerprint density at radius 2 is 1.81 bits per heavy atom. The lowest BCUT2D eigenvalue weighted by molar-refractivity contribution is -0.137. The van der Waals surface area contributed by atoms with Crippen LogP contribution in [0.4, 0.5) is 0 Å². The number of likely N-dealkylation sites (N-methyl/N-ethyl adjacent to an activating group) is 1. The first kappa shape index (κ1) is 13.5. The summed E-state index contributed by atoms with van der Waals surface area (Å²) >= 11 is 0. The van der Waals surface area contributed by atoms with Gasteiger partial charge in [-0.25, -0.2) is 0 Å². The first-order chi connectivity index (χ1) is 7.53. The normalized spacial score (nSPS) is 19.6. The van der Waals surface area contributed by atoms with Crippen molar-refractivity contribution in [1.82, 2.24) is 9.80 Å². The zero-order valence-electron chi connectivity index (χ0n) is 10.8. The lowest BCUT2D eigenvalue weighted by Gasteiger charge is -2.32. The minimum Gasteiger partial charge on any atom is -0.340 e. The van der Waals surface area contributed by atoms with E-state index in [4.69, 9.17) is 5.73 Å². The van der Waals surface area contributed by atoms with Crippen molar-refractivity contribution in [2.75, 3.05) is 33.2 Å². The van der Waals surface area contributed by atoms with Gasteiger partial charge in [-0.2, -0.15) is 0 Å². The second kappa shape index (κ2) is 5.64. The minimum absolute atomic E-state index is 0.132. The molecule has 0 spiro atoms. The van der Waals surface area contributed by atoms with Gasteiger partial charge in [-0.3, -0.25) is 4.79 Å². The van der Waals surface area contributed by atoms with Crippen LogP contribution in [0.1, 0.15) is 33.1 Å². The topological polar surface area (TPSA) is 49.6 Å². The summed E-state index contributed by atoms with van der Waals surface area (Å²) in [5, 5.41) is 0. The van der Waals surface area contributed by atoms with E-state index >= 15 is 0 Å². The van der Waals surface area contributed by atoms with Crippen LogP contribution in [0.5, 0.6) is 0 Å². The number of carbonyl (C=O) groups is 1. The van der Waals surface area contributed by atoms with Crippen molar-refractivity contribution in [2.24, 2.45) is 5.73 Å². The van der Waals surface area contributed by atoms with E-state index in [1.165, 1.54) is 0 Å². The summed E-state index contributed by atoms with van der Waals surface area (Å²) < 4.78 is 0. The van der Waals surface area contributed by atoms with Gasteiger partial charge in [-0.15, -0.1) is 0 Å². The molecule has 1 aliphatic rings. The zero-order valence-corrected chi connectivity index (χ0v) is 10.8. The van der Waals surface area contributed by atoms with Gasteiger partial charge in [0, 0.05) is 19.6 Å². The molecule has 1 heterocycles. The van der Waals surface area contributed by atoms with Crippen molar-refractivity contribution in [2.45, 2.75) is 38.6 Å². The van der Waals surface area contributed by atoms with Gasteiger partial charge in [0.15, 0.2) is 0 Å². The highest BCUT2D eigenvalue weighted by molar-refractivity contribution is 5.86. The Balaban J connectivity index is 2.65. The number of hydrogen-bond donors (Lipinski definition) is 1. The van der Waals surface area contributed by atoms with Crippen molar-refractivity contribution in [3.05, 3.63) is 0 Å². The molecule has 94 valence electrons. The summed E-state index contributed by atoms with van der Waals surface area (Å²) in [5.41, 5.74) is 5.50. The molecule has 0 aliphatic carbocycles. The maximum atomic E-state index is 12.3. The fraction of sp³-hybridized carbons (Fsp3) is 0.917. The molecule has 0 bridgehead atoms. The Morgan fingerprint density at radius 1 is 1.19 bits per heavy atom. The van der Waals surface area contributed by atoms with Crippen LogP contribution in [0.2, 0.25) is 0 Å². The van der Waals surface area contributed by atoms with Gasteiger partial charge in [-0.1, -0.05) is 13.8 Å².